The van der Waals surface area contributed by atoms with Crippen molar-refractivity contribution in [2.45, 2.75) is 32.6 Å². The number of aryl methyl sites for hydroxylation is 1. The summed E-state index contributed by atoms with van der Waals surface area (Å²) in [5, 5.41) is 8.97. The SMILES string of the molecule is C=CC(=O)Oc1cc(C)ccc1C(C)(C)c1ccc(CC(=C)C(=O)O)cc1. The van der Waals surface area contributed by atoms with E-state index in [0.29, 0.717) is 12.2 Å². The molecule has 2 rings (SSSR count). The van der Waals surface area contributed by atoms with Gasteiger partial charge in [-0.25, -0.2) is 9.59 Å². The van der Waals surface area contributed by atoms with Gasteiger partial charge in [0.25, 0.3) is 0 Å². The van der Waals surface area contributed by atoms with Gasteiger partial charge in [0.15, 0.2) is 0 Å². The third-order valence-corrected chi connectivity index (χ3v) is 4.58. The number of ether oxygens (including phenoxy) is 1. The van der Waals surface area contributed by atoms with Gasteiger partial charge in [-0.1, -0.05) is 63.4 Å². The smallest absolute Gasteiger partial charge is 0.335 e. The van der Waals surface area contributed by atoms with Gasteiger partial charge in [-0.05, 0) is 29.7 Å². The van der Waals surface area contributed by atoms with Crippen molar-refractivity contribution >= 4 is 11.9 Å². The second-order valence-electron chi connectivity index (χ2n) is 7.03. The van der Waals surface area contributed by atoms with E-state index < -0.39 is 17.4 Å². The molecule has 4 nitrogen and oxygen atoms in total. The number of benzene rings is 2. The summed E-state index contributed by atoms with van der Waals surface area (Å²) in [7, 11) is 0. The molecular weight excluding hydrogens is 340 g/mol. The van der Waals surface area contributed by atoms with Crippen LogP contribution in [0.1, 0.15) is 36.1 Å². The summed E-state index contributed by atoms with van der Waals surface area (Å²) in [6.45, 7) is 13.1. The monoisotopic (exact) mass is 364 g/mol. The lowest BCUT2D eigenvalue weighted by molar-refractivity contribution is -0.132. The van der Waals surface area contributed by atoms with E-state index in [1.807, 2.05) is 63.2 Å². The van der Waals surface area contributed by atoms with Crippen LogP contribution in [0.2, 0.25) is 0 Å². The topological polar surface area (TPSA) is 63.6 Å². The highest BCUT2D eigenvalue weighted by atomic mass is 16.5. The quantitative estimate of drug-likeness (QED) is 0.443. The normalized spacial score (nSPS) is 10.9. The number of aliphatic carboxylic acids is 1. The molecule has 0 heterocycles. The molecule has 0 atom stereocenters. The van der Waals surface area contributed by atoms with Crippen molar-refractivity contribution in [1.29, 1.82) is 0 Å². The van der Waals surface area contributed by atoms with Crippen molar-refractivity contribution in [3.05, 3.63) is 89.5 Å². The summed E-state index contributed by atoms with van der Waals surface area (Å²) < 4.78 is 5.45. The number of carbonyl (C=O) groups is 2. The molecule has 0 aromatic heterocycles. The zero-order valence-corrected chi connectivity index (χ0v) is 15.9. The van der Waals surface area contributed by atoms with E-state index in [1.165, 1.54) is 0 Å². The van der Waals surface area contributed by atoms with Gasteiger partial charge in [0.1, 0.15) is 5.75 Å². The minimum atomic E-state index is -0.993. The van der Waals surface area contributed by atoms with Crippen LogP contribution >= 0.6 is 0 Å². The van der Waals surface area contributed by atoms with Gasteiger partial charge in [-0.3, -0.25) is 0 Å². The molecule has 0 saturated carbocycles. The van der Waals surface area contributed by atoms with Crippen LogP contribution in [0.3, 0.4) is 0 Å². The Kier molecular flexibility index (Phi) is 6.01. The predicted octanol–water partition coefficient (Wildman–Crippen LogP) is 4.60. The van der Waals surface area contributed by atoms with Crippen molar-refractivity contribution in [2.24, 2.45) is 0 Å². The molecule has 2 aromatic rings. The molecule has 0 radical (unpaired) electrons. The van der Waals surface area contributed by atoms with E-state index in [2.05, 4.69) is 13.2 Å². The number of esters is 1. The Hall–Kier alpha value is -3.14. The Bertz CT molecular complexity index is 889. The van der Waals surface area contributed by atoms with Gasteiger partial charge < -0.3 is 9.84 Å². The Morgan fingerprint density at radius 3 is 2.33 bits per heavy atom. The average molecular weight is 364 g/mol. The lowest BCUT2D eigenvalue weighted by atomic mass is 9.77. The molecule has 0 aliphatic heterocycles. The molecule has 0 aliphatic rings. The number of carboxylic acids is 1. The first kappa shape index (κ1) is 20.2. The zero-order chi connectivity index (χ0) is 20.2. The van der Waals surface area contributed by atoms with E-state index in [-0.39, 0.29) is 5.57 Å². The van der Waals surface area contributed by atoms with E-state index in [1.54, 1.807) is 0 Å². The summed E-state index contributed by atoms with van der Waals surface area (Å²) in [6, 6.07) is 13.5. The van der Waals surface area contributed by atoms with Crippen molar-refractivity contribution in [1.82, 2.24) is 0 Å². The summed E-state index contributed by atoms with van der Waals surface area (Å²) in [5.41, 5.74) is 3.50. The van der Waals surface area contributed by atoms with E-state index in [4.69, 9.17) is 9.84 Å². The molecule has 0 spiro atoms. The molecule has 1 N–H and O–H groups in total. The first-order valence-corrected chi connectivity index (χ1v) is 8.61. The molecule has 0 bridgehead atoms. The molecule has 4 heteroatoms. The Morgan fingerprint density at radius 1 is 1.15 bits per heavy atom. The van der Waals surface area contributed by atoms with E-state index in [9.17, 15) is 9.59 Å². The van der Waals surface area contributed by atoms with Crippen LogP contribution < -0.4 is 4.74 Å². The molecule has 140 valence electrons. The molecule has 0 amide bonds. The minimum absolute atomic E-state index is 0.152. The third kappa shape index (κ3) is 4.73. The van der Waals surface area contributed by atoms with Crippen LogP contribution in [-0.4, -0.2) is 17.0 Å². The van der Waals surface area contributed by atoms with Gasteiger partial charge in [0.2, 0.25) is 0 Å². The van der Waals surface area contributed by atoms with Crippen LogP contribution in [0.5, 0.6) is 5.75 Å². The number of rotatable bonds is 7. The van der Waals surface area contributed by atoms with Gasteiger partial charge >= 0.3 is 11.9 Å². The fraction of sp³-hybridized carbons (Fsp3) is 0.217. The standard InChI is InChI=1S/C23H24O4/c1-6-21(24)27-20-13-15(2)7-12-19(20)23(4,5)18-10-8-17(9-11-18)14-16(3)22(25)26/h6-13H,1,3,14H2,2,4-5H3,(H,25,26). The maximum absolute atomic E-state index is 11.7. The summed E-state index contributed by atoms with van der Waals surface area (Å²) in [5.74, 6) is -0.985. The Labute approximate surface area is 159 Å². The largest absolute Gasteiger partial charge is 0.478 e. The Balaban J connectivity index is 2.38. The summed E-state index contributed by atoms with van der Waals surface area (Å²) in [4.78, 5) is 22.7. The second kappa shape index (κ2) is 8.04. The van der Waals surface area contributed by atoms with Gasteiger partial charge in [0, 0.05) is 29.0 Å². The van der Waals surface area contributed by atoms with Crippen molar-refractivity contribution in [3.8, 4) is 5.75 Å². The van der Waals surface area contributed by atoms with Crippen LogP contribution in [0.15, 0.2) is 67.3 Å². The number of carbonyl (C=O) groups excluding carboxylic acids is 1. The van der Waals surface area contributed by atoms with Crippen molar-refractivity contribution in [2.75, 3.05) is 0 Å². The molecule has 0 unspecified atom stereocenters. The number of hydrogen-bond acceptors (Lipinski definition) is 3. The fourth-order valence-electron chi connectivity index (χ4n) is 2.90. The number of carboxylic acid groups (broad SMARTS) is 1. The van der Waals surface area contributed by atoms with Gasteiger partial charge in [-0.15, -0.1) is 0 Å². The maximum Gasteiger partial charge on any atom is 0.335 e. The molecule has 0 saturated heterocycles. The van der Waals surface area contributed by atoms with Gasteiger partial charge in [-0.2, -0.15) is 0 Å². The molecule has 27 heavy (non-hydrogen) atoms. The van der Waals surface area contributed by atoms with Crippen molar-refractivity contribution in [3.63, 3.8) is 0 Å². The van der Waals surface area contributed by atoms with Crippen LogP contribution in [-0.2, 0) is 21.4 Å². The predicted molar refractivity (Wildman–Crippen MR) is 106 cm³/mol. The van der Waals surface area contributed by atoms with Gasteiger partial charge in [0.05, 0.1) is 0 Å². The first-order chi connectivity index (χ1) is 12.6. The fourth-order valence-corrected chi connectivity index (χ4v) is 2.90. The summed E-state index contributed by atoms with van der Waals surface area (Å²) >= 11 is 0. The zero-order valence-electron chi connectivity index (χ0n) is 15.9. The average Bonchev–Trinajstić information content (AvgIpc) is 2.61. The third-order valence-electron chi connectivity index (χ3n) is 4.58. The second-order valence-corrected chi connectivity index (χ2v) is 7.03. The summed E-state index contributed by atoms with van der Waals surface area (Å²) in [6.07, 6.45) is 1.44. The van der Waals surface area contributed by atoms with Crippen LogP contribution in [0.25, 0.3) is 0 Å². The molecule has 2 aromatic carbocycles. The highest BCUT2D eigenvalue weighted by molar-refractivity contribution is 5.86. The molecular formula is C23H24O4. The number of hydrogen-bond donors (Lipinski definition) is 1. The minimum Gasteiger partial charge on any atom is -0.478 e. The van der Waals surface area contributed by atoms with E-state index >= 15 is 0 Å². The first-order valence-electron chi connectivity index (χ1n) is 8.61. The van der Waals surface area contributed by atoms with Crippen LogP contribution in [0.4, 0.5) is 0 Å². The Morgan fingerprint density at radius 2 is 1.78 bits per heavy atom. The molecule has 0 fully saturated rings. The highest BCUT2D eigenvalue weighted by Crippen LogP contribution is 2.38. The van der Waals surface area contributed by atoms with Crippen LogP contribution in [0, 0.1) is 6.92 Å². The van der Waals surface area contributed by atoms with Crippen molar-refractivity contribution < 1.29 is 19.4 Å². The lowest BCUT2D eigenvalue weighted by Crippen LogP contribution is -2.21. The molecule has 0 aliphatic carbocycles. The maximum atomic E-state index is 11.7. The highest BCUT2D eigenvalue weighted by Gasteiger charge is 2.27. The lowest BCUT2D eigenvalue weighted by Gasteiger charge is -2.28. The van der Waals surface area contributed by atoms with E-state index in [0.717, 1.165) is 28.3 Å².